The summed E-state index contributed by atoms with van der Waals surface area (Å²) in [6.45, 7) is 10.3. The van der Waals surface area contributed by atoms with Crippen molar-refractivity contribution < 1.29 is 14.3 Å². The first-order valence-corrected chi connectivity index (χ1v) is 7.66. The van der Waals surface area contributed by atoms with Crippen LogP contribution in [0.4, 0.5) is 4.79 Å². The van der Waals surface area contributed by atoms with Crippen LogP contribution in [0.3, 0.4) is 0 Å². The lowest BCUT2D eigenvalue weighted by Crippen LogP contribution is -2.45. The van der Waals surface area contributed by atoms with E-state index in [1.165, 1.54) is 0 Å². The fraction of sp³-hybridized carbons (Fsp3) is 0.867. The zero-order chi connectivity index (χ0) is 16.3. The van der Waals surface area contributed by atoms with Gasteiger partial charge >= 0.3 is 6.09 Å². The average molecular weight is 314 g/mol. The van der Waals surface area contributed by atoms with Gasteiger partial charge in [0.05, 0.1) is 6.04 Å². The number of thiol groups is 1. The number of carbonyl (C=O) groups excluding carboxylic acids is 2. The number of nitrogens with one attached hydrogen (secondary N) is 1. The standard InChI is InChI=1S/C15H26N2O3S/c1-13(2)6-11(17-10-18)7-15(5,8-13)9-16-12(19)20-14(3,4)21/h11,21H,6-9H2,1-5H3,(H,16,19). The number of hydrogen-bond acceptors (Lipinski definition) is 5. The molecule has 0 aromatic heterocycles. The summed E-state index contributed by atoms with van der Waals surface area (Å²) in [5, 5.41) is 2.80. The first-order chi connectivity index (χ1) is 9.45. The minimum Gasteiger partial charge on any atom is -0.433 e. The van der Waals surface area contributed by atoms with Gasteiger partial charge in [0.25, 0.3) is 0 Å². The molecule has 0 spiro atoms. The van der Waals surface area contributed by atoms with Gasteiger partial charge in [-0.2, -0.15) is 0 Å². The Hall–Kier alpha value is -1.00. The topological polar surface area (TPSA) is 67.8 Å². The van der Waals surface area contributed by atoms with E-state index in [-0.39, 0.29) is 16.9 Å². The van der Waals surface area contributed by atoms with E-state index in [9.17, 15) is 9.59 Å². The van der Waals surface area contributed by atoms with Crippen LogP contribution in [0.15, 0.2) is 4.99 Å². The highest BCUT2D eigenvalue weighted by atomic mass is 32.1. The number of rotatable bonds is 4. The number of aliphatic imine (C=N–C) groups is 1. The fourth-order valence-electron chi connectivity index (χ4n) is 3.43. The van der Waals surface area contributed by atoms with Gasteiger partial charge in [0.2, 0.25) is 6.08 Å². The highest BCUT2D eigenvalue weighted by Crippen LogP contribution is 2.46. The molecular formula is C15H26N2O3S. The number of carbonyl (C=O) groups is 1. The zero-order valence-corrected chi connectivity index (χ0v) is 14.4. The minimum absolute atomic E-state index is 0.0320. The zero-order valence-electron chi connectivity index (χ0n) is 13.5. The molecule has 0 radical (unpaired) electrons. The molecule has 1 aliphatic rings. The van der Waals surface area contributed by atoms with Gasteiger partial charge in [-0.3, -0.25) is 0 Å². The molecule has 2 unspecified atom stereocenters. The molecule has 1 amide bonds. The molecule has 1 saturated carbocycles. The number of alkyl carbamates (subject to hydrolysis) is 1. The molecule has 6 heteroatoms. The monoisotopic (exact) mass is 314 g/mol. The molecule has 21 heavy (non-hydrogen) atoms. The molecule has 2 atom stereocenters. The summed E-state index contributed by atoms with van der Waals surface area (Å²) in [6.07, 6.45) is 3.77. The van der Waals surface area contributed by atoms with Crippen LogP contribution >= 0.6 is 12.6 Å². The third-order valence-electron chi connectivity index (χ3n) is 3.66. The number of isocyanates is 1. The predicted octanol–water partition coefficient (Wildman–Crippen LogP) is 3.30. The SMILES string of the molecule is CC1(C)CC(N=C=O)CC(C)(CNC(=O)OC(C)(C)S)C1. The van der Waals surface area contributed by atoms with E-state index < -0.39 is 11.0 Å². The Labute approximate surface area is 132 Å². The van der Waals surface area contributed by atoms with E-state index in [1.54, 1.807) is 19.9 Å². The summed E-state index contributed by atoms with van der Waals surface area (Å²) in [7, 11) is 0. The molecular weight excluding hydrogens is 288 g/mol. The van der Waals surface area contributed by atoms with Gasteiger partial charge in [-0.1, -0.05) is 20.8 Å². The maximum Gasteiger partial charge on any atom is 0.408 e. The lowest BCUT2D eigenvalue weighted by Gasteiger charge is -2.45. The Morgan fingerprint density at radius 1 is 1.43 bits per heavy atom. The van der Waals surface area contributed by atoms with Crippen LogP contribution in [0.25, 0.3) is 0 Å². The minimum atomic E-state index is -0.804. The average Bonchev–Trinajstić information content (AvgIpc) is 2.22. The van der Waals surface area contributed by atoms with Crippen molar-refractivity contribution in [2.75, 3.05) is 6.54 Å². The van der Waals surface area contributed by atoms with Crippen LogP contribution in [-0.4, -0.2) is 29.7 Å². The summed E-state index contributed by atoms with van der Waals surface area (Å²) >= 11 is 4.16. The van der Waals surface area contributed by atoms with Crippen molar-refractivity contribution in [2.24, 2.45) is 15.8 Å². The Balaban J connectivity index is 2.66. The molecule has 1 aliphatic carbocycles. The van der Waals surface area contributed by atoms with Gasteiger partial charge in [0, 0.05) is 6.54 Å². The third-order valence-corrected chi connectivity index (χ3v) is 3.75. The third kappa shape index (κ3) is 6.53. The van der Waals surface area contributed by atoms with Crippen molar-refractivity contribution in [2.45, 2.75) is 64.9 Å². The van der Waals surface area contributed by atoms with Gasteiger partial charge in [-0.15, -0.1) is 12.6 Å². The molecule has 0 heterocycles. The molecule has 1 N–H and O–H groups in total. The van der Waals surface area contributed by atoms with E-state index in [2.05, 4.69) is 43.7 Å². The molecule has 1 fully saturated rings. The van der Waals surface area contributed by atoms with Crippen molar-refractivity contribution >= 4 is 24.8 Å². The smallest absolute Gasteiger partial charge is 0.408 e. The molecule has 0 saturated heterocycles. The first-order valence-electron chi connectivity index (χ1n) is 7.21. The van der Waals surface area contributed by atoms with Crippen LogP contribution in [0, 0.1) is 10.8 Å². The normalized spacial score (nSPS) is 28.4. The van der Waals surface area contributed by atoms with E-state index in [0.29, 0.717) is 6.54 Å². The van der Waals surface area contributed by atoms with E-state index in [4.69, 9.17) is 4.74 Å². The maximum atomic E-state index is 11.7. The maximum absolute atomic E-state index is 11.7. The number of ether oxygens (including phenoxy) is 1. The van der Waals surface area contributed by atoms with E-state index in [1.807, 2.05) is 0 Å². The van der Waals surface area contributed by atoms with Crippen LogP contribution in [-0.2, 0) is 9.53 Å². The van der Waals surface area contributed by atoms with E-state index in [0.717, 1.165) is 19.3 Å². The second kappa shape index (κ2) is 6.41. The van der Waals surface area contributed by atoms with Crippen molar-refractivity contribution in [1.82, 2.24) is 5.32 Å². The second-order valence-corrected chi connectivity index (χ2v) is 8.70. The summed E-state index contributed by atoms with van der Waals surface area (Å²) < 4.78 is 5.13. The molecule has 0 aromatic carbocycles. The van der Waals surface area contributed by atoms with Crippen molar-refractivity contribution in [3.8, 4) is 0 Å². The number of hydrogen-bond donors (Lipinski definition) is 2. The lowest BCUT2D eigenvalue weighted by atomic mass is 9.63. The van der Waals surface area contributed by atoms with Gasteiger partial charge in [-0.25, -0.2) is 14.6 Å². The highest BCUT2D eigenvalue weighted by molar-refractivity contribution is 7.81. The molecule has 1 rings (SSSR count). The number of amides is 1. The first kappa shape index (κ1) is 18.1. The second-order valence-electron chi connectivity index (χ2n) is 7.62. The van der Waals surface area contributed by atoms with Gasteiger partial charge in [-0.05, 0) is 43.9 Å². The Morgan fingerprint density at radius 2 is 2.05 bits per heavy atom. The molecule has 0 aliphatic heterocycles. The van der Waals surface area contributed by atoms with Crippen LogP contribution in [0.2, 0.25) is 0 Å². The Bertz CT molecular complexity index is 439. The van der Waals surface area contributed by atoms with Gasteiger partial charge in [0.1, 0.15) is 0 Å². The van der Waals surface area contributed by atoms with Crippen LogP contribution < -0.4 is 5.32 Å². The summed E-state index contributed by atoms with van der Waals surface area (Å²) in [6, 6.07) is -0.0320. The molecule has 120 valence electrons. The molecule has 0 aromatic rings. The van der Waals surface area contributed by atoms with Crippen LogP contribution in [0.1, 0.15) is 53.9 Å². The van der Waals surface area contributed by atoms with Crippen LogP contribution in [0.5, 0.6) is 0 Å². The fourth-order valence-corrected chi connectivity index (χ4v) is 3.51. The van der Waals surface area contributed by atoms with Gasteiger partial charge in [0.15, 0.2) is 4.93 Å². The van der Waals surface area contributed by atoms with Crippen molar-refractivity contribution in [1.29, 1.82) is 0 Å². The molecule has 0 bridgehead atoms. The number of nitrogens with zero attached hydrogens (tertiary/aromatic N) is 1. The lowest BCUT2D eigenvalue weighted by molar-refractivity contribution is 0.0684. The predicted molar refractivity (Wildman–Crippen MR) is 85.2 cm³/mol. The Morgan fingerprint density at radius 3 is 2.57 bits per heavy atom. The summed E-state index contributed by atoms with van der Waals surface area (Å²) in [5.41, 5.74) is -0.0427. The summed E-state index contributed by atoms with van der Waals surface area (Å²) in [5.74, 6) is 0. The van der Waals surface area contributed by atoms with E-state index >= 15 is 0 Å². The van der Waals surface area contributed by atoms with Gasteiger partial charge < -0.3 is 10.1 Å². The van der Waals surface area contributed by atoms with Crippen molar-refractivity contribution in [3.63, 3.8) is 0 Å². The Kier molecular flexibility index (Phi) is 5.51. The summed E-state index contributed by atoms with van der Waals surface area (Å²) in [4.78, 5) is 25.4. The largest absolute Gasteiger partial charge is 0.433 e. The van der Waals surface area contributed by atoms with Crippen molar-refractivity contribution in [3.05, 3.63) is 0 Å². The molecule has 5 nitrogen and oxygen atoms in total. The highest BCUT2D eigenvalue weighted by Gasteiger charge is 2.41. The quantitative estimate of drug-likeness (QED) is 0.362.